The smallest absolute Gasteiger partial charge is 0.329 e. The van der Waals surface area contributed by atoms with Gasteiger partial charge in [0.05, 0.1) is 37.6 Å². The van der Waals surface area contributed by atoms with Gasteiger partial charge in [-0.2, -0.15) is 0 Å². The number of carbonyl (C=O) groups excluding carboxylic acids is 6. The average molecular weight is 1110 g/mol. The summed E-state index contributed by atoms with van der Waals surface area (Å²) in [6.07, 6.45) is 10.7. The first-order valence-electron chi connectivity index (χ1n) is 29.1. The molecule has 3 heterocycles. The lowest BCUT2D eigenvalue weighted by atomic mass is 9.77. The van der Waals surface area contributed by atoms with Gasteiger partial charge in [-0.25, -0.2) is 4.79 Å². The first kappa shape index (κ1) is 67.6. The third-order valence-electron chi connectivity index (χ3n) is 17.3. The number of ether oxygens (including phenoxy) is 8. The minimum atomic E-state index is -1.93. The molecule has 17 heteroatoms. The molecule has 2 N–H and O–H groups in total. The highest BCUT2D eigenvalue weighted by Crippen LogP contribution is 2.41. The molecule has 0 aromatic carbocycles. The minimum absolute atomic E-state index is 0.00536. The molecule has 0 aromatic heterocycles. The van der Waals surface area contributed by atoms with Gasteiger partial charge in [0.25, 0.3) is 11.7 Å². The first-order valence-corrected chi connectivity index (χ1v) is 29.1. The summed E-state index contributed by atoms with van der Waals surface area (Å²) in [4.78, 5) is 87.7. The van der Waals surface area contributed by atoms with Crippen molar-refractivity contribution in [3.05, 3.63) is 47.6 Å². The summed E-state index contributed by atoms with van der Waals surface area (Å²) < 4.78 is 48.5. The molecule has 0 radical (unpaired) electrons. The fourth-order valence-corrected chi connectivity index (χ4v) is 12.1. The number of aliphatic hydroxyl groups excluding tert-OH is 2. The van der Waals surface area contributed by atoms with Crippen molar-refractivity contribution in [2.45, 2.75) is 214 Å². The quantitative estimate of drug-likeness (QED) is 0.0947. The van der Waals surface area contributed by atoms with E-state index in [1.165, 1.54) is 26.2 Å². The van der Waals surface area contributed by atoms with Crippen LogP contribution in [0.1, 0.15) is 153 Å². The molecule has 448 valence electrons. The number of ketones is 3. The van der Waals surface area contributed by atoms with E-state index >= 15 is 0 Å². The summed E-state index contributed by atoms with van der Waals surface area (Å²) in [7, 11) is 5.82. The predicted molar refractivity (Wildman–Crippen MR) is 299 cm³/mol. The standard InChI is InChI=1S/C62H99NO16/c1-37(2)61(35-64,36-72-12)60(71)78-50-27-25-46(32-53(50)76-38(3)4)31-42(8)52-34-49(65)41(7)30-44(10)55(67)56(74-14)54(66)43(9)29-39(5)21-17-16-18-22-40(6)51(73-13)33-47-26-24-45(11)62(75-15,79-47)57(68)58(69)63-28-20-19-23-48(63)59(70)77-52/h16-18,21-22,30,37-39,41-43,45-48,50-53,55-56,64,67H,19-20,23-29,31-36H2,1-15H3/b18-16+,21-17+,40-22+,44-30+/t39-,41-,42-,43-,45-,46+,47?,48+,50-,51+,52?,53-,55-,56+,61?,62-/m1/s1. The number of rotatable bonds is 14. The molecule has 1 aliphatic carbocycles. The van der Waals surface area contributed by atoms with Crippen molar-refractivity contribution in [3.63, 3.8) is 0 Å². The number of nitrogens with zero attached hydrogens (tertiary/aromatic N) is 1. The van der Waals surface area contributed by atoms with Gasteiger partial charge in [0, 0.05) is 65.6 Å². The molecular formula is C62H99NO16. The van der Waals surface area contributed by atoms with Gasteiger partial charge in [-0.05, 0) is 127 Å². The van der Waals surface area contributed by atoms with E-state index in [4.69, 9.17) is 37.9 Å². The van der Waals surface area contributed by atoms with E-state index in [1.807, 2.05) is 92.7 Å². The normalized spacial score (nSPS) is 36.3. The third kappa shape index (κ3) is 17.5. The lowest BCUT2D eigenvalue weighted by Gasteiger charge is -2.44. The second-order valence-electron chi connectivity index (χ2n) is 24.0. The Balaban J connectivity index is 1.73. The Morgan fingerprint density at radius 2 is 1.56 bits per heavy atom. The lowest BCUT2D eigenvalue weighted by molar-refractivity contribution is -0.277. The van der Waals surface area contributed by atoms with Crippen molar-refractivity contribution in [1.82, 2.24) is 4.90 Å². The molecule has 2 saturated heterocycles. The van der Waals surface area contributed by atoms with E-state index in [1.54, 1.807) is 27.0 Å². The number of hydrogen-bond acceptors (Lipinski definition) is 16. The summed E-state index contributed by atoms with van der Waals surface area (Å²) in [6.45, 7) is 20.0. The summed E-state index contributed by atoms with van der Waals surface area (Å²) >= 11 is 0. The number of aliphatic hydroxyl groups is 2. The van der Waals surface area contributed by atoms with Crippen LogP contribution in [0.25, 0.3) is 0 Å². The third-order valence-corrected chi connectivity index (χ3v) is 17.3. The molecule has 0 spiro atoms. The van der Waals surface area contributed by atoms with Crippen LogP contribution in [-0.4, -0.2) is 159 Å². The summed E-state index contributed by atoms with van der Waals surface area (Å²) in [6, 6.07) is -1.14. The van der Waals surface area contributed by atoms with Crippen molar-refractivity contribution >= 4 is 35.2 Å². The van der Waals surface area contributed by atoms with Gasteiger partial charge >= 0.3 is 11.9 Å². The van der Waals surface area contributed by atoms with Gasteiger partial charge in [-0.3, -0.25) is 24.0 Å². The zero-order chi connectivity index (χ0) is 58.9. The van der Waals surface area contributed by atoms with E-state index in [-0.39, 0.29) is 67.5 Å². The van der Waals surface area contributed by atoms with Crippen LogP contribution in [0.5, 0.6) is 0 Å². The highest BCUT2D eigenvalue weighted by atomic mass is 16.7. The molecule has 79 heavy (non-hydrogen) atoms. The number of amides is 1. The Hall–Kier alpha value is -3.94. The number of cyclic esters (lactones) is 1. The second kappa shape index (κ2) is 31.5. The molecular weight excluding hydrogens is 1010 g/mol. The van der Waals surface area contributed by atoms with E-state index in [2.05, 4.69) is 0 Å². The van der Waals surface area contributed by atoms with Crippen molar-refractivity contribution in [2.75, 3.05) is 48.2 Å². The molecule has 1 amide bonds. The molecule has 3 unspecified atom stereocenters. The van der Waals surface area contributed by atoms with Crippen LogP contribution in [0.15, 0.2) is 47.6 Å². The number of fused-ring (bicyclic) bond motifs is 3. The number of piperidine rings is 1. The Labute approximate surface area is 471 Å². The van der Waals surface area contributed by atoms with Gasteiger partial charge in [0.1, 0.15) is 41.7 Å². The number of Topliss-reactive ketones (excluding diaryl/α,β-unsaturated/α-hetero) is 3. The monoisotopic (exact) mass is 1110 g/mol. The molecule has 0 aromatic rings. The molecule has 17 nitrogen and oxygen atoms in total. The van der Waals surface area contributed by atoms with E-state index in [0.29, 0.717) is 69.8 Å². The van der Waals surface area contributed by atoms with Crippen LogP contribution in [-0.2, 0) is 66.7 Å². The maximum absolute atomic E-state index is 14.8. The molecule has 2 bridgehead atoms. The second-order valence-corrected chi connectivity index (χ2v) is 24.0. The van der Waals surface area contributed by atoms with Crippen LogP contribution in [0.3, 0.4) is 0 Å². The fourth-order valence-electron chi connectivity index (χ4n) is 12.1. The zero-order valence-electron chi connectivity index (χ0n) is 50.4. The van der Waals surface area contributed by atoms with Gasteiger partial charge < -0.3 is 53.0 Å². The molecule has 3 aliphatic heterocycles. The molecule has 4 rings (SSSR count). The minimum Gasteiger partial charge on any atom is -0.460 e. The topological polar surface area (TPSA) is 220 Å². The van der Waals surface area contributed by atoms with E-state index in [9.17, 15) is 39.0 Å². The number of methoxy groups -OCH3 is 4. The SMILES string of the molecule is COCC(CO)(C(=O)O[C@@H]1CC[C@@H](C[C@@H](C)C2CC(=O)[C@H](C)/C=C(\C)[C@@H](O)[C@@H](OC)C(=O)[C@H](C)C[C@H](C)/C=C/C=C/C=C(\C)[C@@H](OC)CC3CC[C@@H](C)[C@@](OC)(O3)C(=O)C(=O)N3CCCC[C@H]3C(=O)O2)C[C@H]1OC(C)C)C(C)C. The molecule has 3 fully saturated rings. The maximum atomic E-state index is 14.8. The molecule has 4 aliphatic rings. The lowest BCUT2D eigenvalue weighted by Crippen LogP contribution is -2.61. The number of hydrogen-bond donors (Lipinski definition) is 2. The maximum Gasteiger partial charge on any atom is 0.329 e. The van der Waals surface area contributed by atoms with Crippen molar-refractivity contribution < 1.29 is 76.9 Å². The van der Waals surface area contributed by atoms with Crippen LogP contribution in [0, 0.1) is 46.8 Å². The van der Waals surface area contributed by atoms with Crippen molar-refractivity contribution in [2.24, 2.45) is 46.8 Å². The largest absolute Gasteiger partial charge is 0.460 e. The summed E-state index contributed by atoms with van der Waals surface area (Å²) in [5.41, 5.74) is 0.0190. The van der Waals surface area contributed by atoms with Crippen molar-refractivity contribution in [3.8, 4) is 0 Å². The Bertz CT molecular complexity index is 2150. The number of allylic oxidation sites excluding steroid dienone is 6. The summed E-state index contributed by atoms with van der Waals surface area (Å²) in [5, 5.41) is 22.1. The van der Waals surface area contributed by atoms with E-state index < -0.39 is 108 Å². The Morgan fingerprint density at radius 1 is 0.848 bits per heavy atom. The fraction of sp³-hybridized carbons (Fsp3) is 0.774. The molecule has 16 atom stereocenters. The van der Waals surface area contributed by atoms with Gasteiger partial charge in [-0.15, -0.1) is 0 Å². The number of esters is 2. The van der Waals surface area contributed by atoms with Crippen molar-refractivity contribution in [1.29, 1.82) is 0 Å². The van der Waals surface area contributed by atoms with Crippen LogP contribution in [0.2, 0.25) is 0 Å². The highest BCUT2D eigenvalue weighted by molar-refractivity contribution is 6.39. The molecule has 1 saturated carbocycles. The Kier molecular flexibility index (Phi) is 26.9. The van der Waals surface area contributed by atoms with Crippen LogP contribution in [0.4, 0.5) is 0 Å². The average Bonchev–Trinajstić information content (AvgIpc) is 3.45. The Morgan fingerprint density at radius 3 is 2.18 bits per heavy atom. The van der Waals surface area contributed by atoms with Crippen LogP contribution < -0.4 is 0 Å². The zero-order valence-corrected chi connectivity index (χ0v) is 50.4. The highest BCUT2D eigenvalue weighted by Gasteiger charge is 2.55. The van der Waals surface area contributed by atoms with Gasteiger partial charge in [-0.1, -0.05) is 84.9 Å². The van der Waals surface area contributed by atoms with E-state index in [0.717, 1.165) is 5.57 Å². The summed E-state index contributed by atoms with van der Waals surface area (Å²) in [5.74, 6) is -8.07. The number of carbonyl (C=O) groups is 6. The van der Waals surface area contributed by atoms with Crippen LogP contribution >= 0.6 is 0 Å². The van der Waals surface area contributed by atoms with Gasteiger partial charge in [0.2, 0.25) is 5.79 Å². The predicted octanol–water partition coefficient (Wildman–Crippen LogP) is 8.45. The first-order chi connectivity index (χ1) is 37.3. The van der Waals surface area contributed by atoms with Gasteiger partial charge in [0.15, 0.2) is 5.78 Å².